The zero-order valence-electron chi connectivity index (χ0n) is 7.14. The lowest BCUT2D eigenvalue weighted by molar-refractivity contribution is 0.135. The summed E-state index contributed by atoms with van der Waals surface area (Å²) in [5, 5.41) is 7.96. The van der Waals surface area contributed by atoms with Crippen LogP contribution in [0.1, 0.15) is 12.8 Å². The topological polar surface area (TPSA) is 47.0 Å². The zero-order chi connectivity index (χ0) is 8.93. The molecule has 1 aromatic rings. The molecular weight excluding hydrogens is 186 g/mol. The summed E-state index contributed by atoms with van der Waals surface area (Å²) in [5.41, 5.74) is 0. The Morgan fingerprint density at radius 1 is 1.69 bits per heavy atom. The van der Waals surface area contributed by atoms with Crippen LogP contribution in [0.5, 0.6) is 0 Å². The fourth-order valence-electron chi connectivity index (χ4n) is 1.19. The van der Waals surface area contributed by atoms with Crippen molar-refractivity contribution < 1.29 is 4.74 Å². The molecule has 1 aromatic heterocycles. The molecule has 1 atom stereocenters. The van der Waals surface area contributed by atoms with Crippen LogP contribution in [0.25, 0.3) is 0 Å². The fourth-order valence-corrected chi connectivity index (χ4v) is 1.62. The summed E-state index contributed by atoms with van der Waals surface area (Å²) in [5.74, 6) is 0. The molecule has 0 saturated carbocycles. The molecule has 1 unspecified atom stereocenters. The quantitative estimate of drug-likeness (QED) is 0.800. The number of allylic oxidation sites excluding steroid dienone is 1. The second-order valence-electron chi connectivity index (χ2n) is 2.87. The molecule has 70 valence electrons. The molecule has 1 N–H and O–H groups in total. The van der Waals surface area contributed by atoms with Crippen LogP contribution in [0.2, 0.25) is 0 Å². The first-order valence-corrected chi connectivity index (χ1v) is 5.04. The third-order valence-corrected chi connectivity index (χ3v) is 2.51. The van der Waals surface area contributed by atoms with E-state index < -0.39 is 0 Å². The fraction of sp³-hybridized carbons (Fsp3) is 0.500. The van der Waals surface area contributed by atoms with Crippen molar-refractivity contribution in [3.63, 3.8) is 0 Å². The summed E-state index contributed by atoms with van der Waals surface area (Å²) in [6, 6.07) is 0. The minimum Gasteiger partial charge on any atom is -0.497 e. The summed E-state index contributed by atoms with van der Waals surface area (Å²) in [7, 11) is 0. The highest BCUT2D eigenvalue weighted by Crippen LogP contribution is 2.13. The Morgan fingerprint density at radius 3 is 3.38 bits per heavy atom. The number of anilines is 1. The van der Waals surface area contributed by atoms with Crippen LogP contribution in [-0.2, 0) is 4.74 Å². The van der Waals surface area contributed by atoms with Crippen molar-refractivity contribution in [3.8, 4) is 0 Å². The summed E-state index contributed by atoms with van der Waals surface area (Å²) in [4.78, 5) is 0. The average Bonchev–Trinajstić information content (AvgIpc) is 2.69. The van der Waals surface area contributed by atoms with Crippen LogP contribution in [0.15, 0.2) is 18.5 Å². The highest BCUT2D eigenvalue weighted by Gasteiger charge is 2.10. The second kappa shape index (κ2) is 4.23. The molecule has 2 rings (SSSR count). The average molecular weight is 197 g/mol. The summed E-state index contributed by atoms with van der Waals surface area (Å²) < 4.78 is 9.16. The SMILES string of the molecule is C1=COC(CNc2cnns2)CC1. The van der Waals surface area contributed by atoms with Crippen LogP contribution < -0.4 is 5.32 Å². The molecule has 1 aliphatic rings. The molecule has 0 bridgehead atoms. The monoisotopic (exact) mass is 197 g/mol. The van der Waals surface area contributed by atoms with E-state index in [2.05, 4.69) is 14.9 Å². The highest BCUT2D eigenvalue weighted by molar-refractivity contribution is 7.09. The van der Waals surface area contributed by atoms with Gasteiger partial charge in [0.15, 0.2) is 0 Å². The molecule has 0 aromatic carbocycles. The first kappa shape index (κ1) is 8.50. The van der Waals surface area contributed by atoms with Gasteiger partial charge in [0.25, 0.3) is 0 Å². The molecular formula is C8H11N3OS. The summed E-state index contributed by atoms with van der Waals surface area (Å²) in [6.07, 6.45) is 8.02. The van der Waals surface area contributed by atoms with Gasteiger partial charge in [0.2, 0.25) is 0 Å². The van der Waals surface area contributed by atoms with Crippen molar-refractivity contribution in [1.82, 2.24) is 9.59 Å². The van der Waals surface area contributed by atoms with Crippen molar-refractivity contribution in [2.75, 3.05) is 11.9 Å². The number of ether oxygens (including phenoxy) is 1. The van der Waals surface area contributed by atoms with E-state index in [0.717, 1.165) is 24.4 Å². The predicted octanol–water partition coefficient (Wildman–Crippen LogP) is 1.64. The molecule has 0 radical (unpaired) electrons. The highest BCUT2D eigenvalue weighted by atomic mass is 32.1. The first-order chi connectivity index (χ1) is 6.45. The van der Waals surface area contributed by atoms with E-state index in [4.69, 9.17) is 4.74 Å². The van der Waals surface area contributed by atoms with Crippen molar-refractivity contribution >= 4 is 16.5 Å². The molecule has 13 heavy (non-hydrogen) atoms. The lowest BCUT2D eigenvalue weighted by Crippen LogP contribution is -2.22. The Labute approximate surface area is 80.8 Å². The molecule has 0 amide bonds. The largest absolute Gasteiger partial charge is 0.497 e. The first-order valence-electron chi connectivity index (χ1n) is 4.27. The van der Waals surface area contributed by atoms with E-state index >= 15 is 0 Å². The summed E-state index contributed by atoms with van der Waals surface area (Å²) >= 11 is 1.37. The predicted molar refractivity (Wildman–Crippen MR) is 51.6 cm³/mol. The van der Waals surface area contributed by atoms with Gasteiger partial charge in [-0.25, -0.2) is 0 Å². The van der Waals surface area contributed by atoms with Gasteiger partial charge in [-0.3, -0.25) is 0 Å². The van der Waals surface area contributed by atoms with E-state index in [9.17, 15) is 0 Å². The number of nitrogens with zero attached hydrogens (tertiary/aromatic N) is 2. The second-order valence-corrected chi connectivity index (χ2v) is 3.66. The maximum absolute atomic E-state index is 5.40. The number of hydrogen-bond acceptors (Lipinski definition) is 5. The molecule has 0 fully saturated rings. The normalized spacial score (nSPS) is 21.1. The van der Waals surface area contributed by atoms with Gasteiger partial charge in [-0.15, -0.1) is 5.10 Å². The smallest absolute Gasteiger partial charge is 0.130 e. The van der Waals surface area contributed by atoms with E-state index in [1.807, 2.05) is 6.08 Å². The van der Waals surface area contributed by atoms with Gasteiger partial charge in [-0.05, 0) is 18.9 Å². The van der Waals surface area contributed by atoms with Crippen molar-refractivity contribution in [3.05, 3.63) is 18.5 Å². The standard InChI is InChI=1S/C8H11N3OS/c1-2-4-12-7(3-1)5-9-8-6-10-11-13-8/h2,4,6-7,9H,1,3,5H2. The van der Waals surface area contributed by atoms with Gasteiger partial charge < -0.3 is 10.1 Å². The third-order valence-electron chi connectivity index (χ3n) is 1.89. The van der Waals surface area contributed by atoms with Gasteiger partial charge in [0, 0.05) is 11.5 Å². The minimum atomic E-state index is 0.284. The molecule has 2 heterocycles. The van der Waals surface area contributed by atoms with Gasteiger partial charge >= 0.3 is 0 Å². The maximum atomic E-state index is 5.40. The van der Waals surface area contributed by atoms with Crippen molar-refractivity contribution in [1.29, 1.82) is 0 Å². The number of aromatic nitrogens is 2. The third kappa shape index (κ3) is 2.42. The number of hydrogen-bond donors (Lipinski definition) is 1. The van der Waals surface area contributed by atoms with Crippen molar-refractivity contribution in [2.45, 2.75) is 18.9 Å². The molecule has 0 aliphatic carbocycles. The Balaban J connectivity index is 1.76. The molecule has 1 aliphatic heterocycles. The molecule has 0 spiro atoms. The van der Waals surface area contributed by atoms with Gasteiger partial charge in [-0.1, -0.05) is 4.49 Å². The van der Waals surface area contributed by atoms with Gasteiger partial charge in [-0.2, -0.15) is 0 Å². The van der Waals surface area contributed by atoms with Crippen LogP contribution in [-0.4, -0.2) is 22.2 Å². The number of rotatable bonds is 3. The zero-order valence-corrected chi connectivity index (χ0v) is 7.96. The molecule has 5 heteroatoms. The molecule has 4 nitrogen and oxygen atoms in total. The van der Waals surface area contributed by atoms with Gasteiger partial charge in [0.05, 0.1) is 19.0 Å². The molecule has 0 saturated heterocycles. The van der Waals surface area contributed by atoms with Crippen molar-refractivity contribution in [2.24, 2.45) is 0 Å². The number of nitrogens with one attached hydrogen (secondary N) is 1. The Bertz CT molecular complexity index is 273. The lowest BCUT2D eigenvalue weighted by Gasteiger charge is -2.19. The summed E-state index contributed by atoms with van der Waals surface area (Å²) in [6.45, 7) is 0.828. The van der Waals surface area contributed by atoms with E-state index in [0.29, 0.717) is 0 Å². The Hall–Kier alpha value is -1.10. The minimum absolute atomic E-state index is 0.284. The van der Waals surface area contributed by atoms with Crippen LogP contribution in [0, 0.1) is 0 Å². The van der Waals surface area contributed by atoms with E-state index in [1.54, 1.807) is 12.5 Å². The van der Waals surface area contributed by atoms with Gasteiger partial charge in [0.1, 0.15) is 11.1 Å². The van der Waals surface area contributed by atoms with Crippen LogP contribution in [0.3, 0.4) is 0 Å². The van der Waals surface area contributed by atoms with Crippen LogP contribution >= 0.6 is 11.5 Å². The lowest BCUT2D eigenvalue weighted by atomic mass is 10.1. The van der Waals surface area contributed by atoms with E-state index in [1.165, 1.54) is 11.5 Å². The van der Waals surface area contributed by atoms with Crippen LogP contribution in [0.4, 0.5) is 5.00 Å². The Kier molecular flexibility index (Phi) is 2.76. The Morgan fingerprint density at radius 2 is 2.69 bits per heavy atom. The maximum Gasteiger partial charge on any atom is 0.130 e. The van der Waals surface area contributed by atoms with E-state index in [-0.39, 0.29) is 6.10 Å².